The molecule has 0 N–H and O–H groups in total. The molecule has 0 saturated carbocycles. The van der Waals surface area contributed by atoms with Gasteiger partial charge >= 0.3 is 0 Å². The van der Waals surface area contributed by atoms with E-state index in [1.54, 1.807) is 4.52 Å². The number of halogens is 1. The lowest BCUT2D eigenvalue weighted by Crippen LogP contribution is -1.91. The van der Waals surface area contributed by atoms with E-state index in [-0.39, 0.29) is 0 Å². The molecule has 0 aliphatic rings. The Morgan fingerprint density at radius 1 is 1.43 bits per heavy atom. The maximum atomic E-state index is 6.04. The van der Waals surface area contributed by atoms with E-state index in [0.29, 0.717) is 5.15 Å². The highest BCUT2D eigenvalue weighted by Crippen LogP contribution is 2.14. The van der Waals surface area contributed by atoms with Crippen LogP contribution in [0.1, 0.15) is 24.7 Å². The van der Waals surface area contributed by atoms with Crippen LogP contribution in [0.25, 0.3) is 5.65 Å². The van der Waals surface area contributed by atoms with E-state index in [2.05, 4.69) is 17.0 Å². The number of rotatable bonds is 2. The van der Waals surface area contributed by atoms with Crippen molar-refractivity contribution in [2.45, 2.75) is 26.7 Å². The fraction of sp³-hybridized carbons (Fsp3) is 0.400. The van der Waals surface area contributed by atoms with Gasteiger partial charge in [0, 0.05) is 6.42 Å². The molecule has 0 atom stereocenters. The second-order valence-corrected chi connectivity index (χ2v) is 3.79. The van der Waals surface area contributed by atoms with E-state index in [4.69, 9.17) is 11.6 Å². The van der Waals surface area contributed by atoms with Crippen molar-refractivity contribution in [3.8, 4) is 0 Å². The van der Waals surface area contributed by atoms with Crippen LogP contribution >= 0.6 is 11.6 Å². The average Bonchev–Trinajstić information content (AvgIpc) is 2.48. The Bertz CT molecular complexity index is 462. The topological polar surface area (TPSA) is 30.2 Å². The second-order valence-electron chi connectivity index (χ2n) is 3.40. The third kappa shape index (κ3) is 1.60. The predicted molar refractivity (Wildman–Crippen MR) is 56.7 cm³/mol. The molecule has 3 nitrogen and oxygen atoms in total. The molecule has 0 aliphatic carbocycles. The Hall–Kier alpha value is -1.09. The molecule has 0 aromatic carbocycles. The van der Waals surface area contributed by atoms with Crippen molar-refractivity contribution in [2.75, 3.05) is 0 Å². The lowest BCUT2D eigenvalue weighted by atomic mass is 10.3. The summed E-state index contributed by atoms with van der Waals surface area (Å²) in [6.45, 7) is 4.11. The van der Waals surface area contributed by atoms with Gasteiger partial charge in [0.2, 0.25) is 0 Å². The molecule has 0 aliphatic heterocycles. The van der Waals surface area contributed by atoms with Crippen LogP contribution in [-0.2, 0) is 6.42 Å². The van der Waals surface area contributed by atoms with Gasteiger partial charge in [-0.25, -0.2) is 9.50 Å². The molecular formula is C10H12ClN3. The van der Waals surface area contributed by atoms with Gasteiger partial charge in [-0.3, -0.25) is 0 Å². The summed E-state index contributed by atoms with van der Waals surface area (Å²) in [4.78, 5) is 4.39. The van der Waals surface area contributed by atoms with Crippen LogP contribution in [0, 0.1) is 6.92 Å². The molecule has 74 valence electrons. The number of pyridine rings is 1. The first-order valence-electron chi connectivity index (χ1n) is 4.72. The van der Waals surface area contributed by atoms with Gasteiger partial charge in [0.15, 0.2) is 11.5 Å². The van der Waals surface area contributed by atoms with Crippen LogP contribution in [0.15, 0.2) is 12.1 Å². The number of hydrogen-bond acceptors (Lipinski definition) is 2. The molecule has 0 saturated heterocycles. The van der Waals surface area contributed by atoms with Crippen LogP contribution in [-0.4, -0.2) is 14.6 Å². The highest BCUT2D eigenvalue weighted by molar-refractivity contribution is 6.29. The lowest BCUT2D eigenvalue weighted by Gasteiger charge is -1.96. The van der Waals surface area contributed by atoms with Crippen LogP contribution in [0.5, 0.6) is 0 Å². The van der Waals surface area contributed by atoms with Crippen molar-refractivity contribution in [1.29, 1.82) is 0 Å². The van der Waals surface area contributed by atoms with Gasteiger partial charge in [0.05, 0.1) is 0 Å². The van der Waals surface area contributed by atoms with Crippen molar-refractivity contribution < 1.29 is 0 Å². The van der Waals surface area contributed by atoms with Gasteiger partial charge in [-0.2, -0.15) is 0 Å². The number of fused-ring (bicyclic) bond motifs is 1. The number of nitrogens with zero attached hydrogens (tertiary/aromatic N) is 3. The Balaban J connectivity index is 2.58. The van der Waals surface area contributed by atoms with E-state index in [0.717, 1.165) is 29.9 Å². The highest BCUT2D eigenvalue weighted by Gasteiger charge is 2.05. The van der Waals surface area contributed by atoms with Crippen LogP contribution in [0.2, 0.25) is 5.15 Å². The van der Waals surface area contributed by atoms with Crippen LogP contribution < -0.4 is 0 Å². The Morgan fingerprint density at radius 2 is 2.21 bits per heavy atom. The van der Waals surface area contributed by atoms with Crippen LogP contribution in [0.3, 0.4) is 0 Å². The zero-order valence-electron chi connectivity index (χ0n) is 8.29. The van der Waals surface area contributed by atoms with E-state index in [1.807, 2.05) is 19.1 Å². The summed E-state index contributed by atoms with van der Waals surface area (Å²) < 4.78 is 1.68. The summed E-state index contributed by atoms with van der Waals surface area (Å²) in [5.41, 5.74) is 1.94. The third-order valence-electron chi connectivity index (χ3n) is 2.06. The quantitative estimate of drug-likeness (QED) is 0.712. The molecular weight excluding hydrogens is 198 g/mol. The van der Waals surface area contributed by atoms with E-state index in [9.17, 15) is 0 Å². The molecule has 0 spiro atoms. The summed E-state index contributed by atoms with van der Waals surface area (Å²) >= 11 is 6.04. The minimum absolute atomic E-state index is 0.620. The van der Waals surface area contributed by atoms with Crippen molar-refractivity contribution in [1.82, 2.24) is 14.6 Å². The minimum atomic E-state index is 0.620. The van der Waals surface area contributed by atoms with Gasteiger partial charge in [-0.1, -0.05) is 18.5 Å². The maximum absolute atomic E-state index is 6.04. The zero-order valence-corrected chi connectivity index (χ0v) is 9.04. The average molecular weight is 210 g/mol. The first kappa shape index (κ1) is 9.46. The molecule has 2 aromatic heterocycles. The molecule has 4 heteroatoms. The molecule has 0 radical (unpaired) electrons. The van der Waals surface area contributed by atoms with Crippen molar-refractivity contribution in [3.05, 3.63) is 28.7 Å². The van der Waals surface area contributed by atoms with Crippen LogP contribution in [0.4, 0.5) is 0 Å². The SMILES string of the molecule is CCCc1nc2cc(C)cc(Cl)n2n1. The largest absolute Gasteiger partial charge is 0.212 e. The van der Waals surface area contributed by atoms with E-state index >= 15 is 0 Å². The Labute approximate surface area is 87.7 Å². The molecule has 2 heterocycles. The first-order chi connectivity index (χ1) is 6.70. The summed E-state index contributed by atoms with van der Waals surface area (Å²) in [5.74, 6) is 0.861. The highest BCUT2D eigenvalue weighted by atomic mass is 35.5. The molecule has 0 unspecified atom stereocenters. The van der Waals surface area contributed by atoms with Gasteiger partial charge in [-0.05, 0) is 31.0 Å². The second kappa shape index (κ2) is 3.58. The Kier molecular flexibility index (Phi) is 2.42. The standard InChI is InChI=1S/C10H12ClN3/c1-3-4-9-12-10-6-7(2)5-8(11)14(10)13-9/h5-6H,3-4H2,1-2H3. The molecule has 0 bridgehead atoms. The number of aryl methyl sites for hydroxylation is 2. The number of aromatic nitrogens is 3. The summed E-state index contributed by atoms with van der Waals surface area (Å²) in [6.07, 6.45) is 1.95. The molecule has 0 fully saturated rings. The molecule has 0 amide bonds. The fourth-order valence-corrected chi connectivity index (χ4v) is 1.74. The van der Waals surface area contributed by atoms with Crippen molar-refractivity contribution in [2.24, 2.45) is 0 Å². The monoisotopic (exact) mass is 209 g/mol. The smallest absolute Gasteiger partial charge is 0.157 e. The van der Waals surface area contributed by atoms with Gasteiger partial charge in [0.1, 0.15) is 5.15 Å². The first-order valence-corrected chi connectivity index (χ1v) is 5.10. The normalized spacial score (nSPS) is 11.1. The zero-order chi connectivity index (χ0) is 10.1. The van der Waals surface area contributed by atoms with Gasteiger partial charge in [-0.15, -0.1) is 5.10 Å². The third-order valence-corrected chi connectivity index (χ3v) is 2.32. The van der Waals surface area contributed by atoms with Crippen molar-refractivity contribution in [3.63, 3.8) is 0 Å². The van der Waals surface area contributed by atoms with Gasteiger partial charge in [0.25, 0.3) is 0 Å². The number of hydrogen-bond donors (Lipinski definition) is 0. The minimum Gasteiger partial charge on any atom is -0.212 e. The summed E-state index contributed by atoms with van der Waals surface area (Å²) in [5, 5.41) is 4.94. The lowest BCUT2D eigenvalue weighted by molar-refractivity contribution is 0.819. The molecule has 2 rings (SSSR count). The summed E-state index contributed by atoms with van der Waals surface area (Å²) in [7, 11) is 0. The van der Waals surface area contributed by atoms with Crippen molar-refractivity contribution >= 4 is 17.2 Å². The van der Waals surface area contributed by atoms with E-state index in [1.165, 1.54) is 0 Å². The Morgan fingerprint density at radius 3 is 2.93 bits per heavy atom. The predicted octanol–water partition coefficient (Wildman–Crippen LogP) is 2.64. The fourth-order valence-electron chi connectivity index (χ4n) is 1.44. The van der Waals surface area contributed by atoms with Gasteiger partial charge < -0.3 is 0 Å². The van der Waals surface area contributed by atoms with E-state index < -0.39 is 0 Å². The molecule has 2 aromatic rings. The summed E-state index contributed by atoms with van der Waals surface area (Å²) in [6, 6.07) is 3.87. The maximum Gasteiger partial charge on any atom is 0.157 e. The molecule has 14 heavy (non-hydrogen) atoms.